The first kappa shape index (κ1) is 84.4. The summed E-state index contributed by atoms with van der Waals surface area (Å²) in [4.78, 5) is 90.4. The van der Waals surface area contributed by atoms with E-state index in [9.17, 15) is 51.0 Å². The molecule has 0 radical (unpaired) electrons. The highest BCUT2D eigenvalue weighted by Crippen LogP contribution is 2.26. The average Bonchev–Trinajstić information content (AvgIpc) is 1.65. The van der Waals surface area contributed by atoms with Gasteiger partial charge in [0.25, 0.3) is 55.2 Å². The molecule has 6 aromatic heterocycles. The number of amides is 2. The molecule has 0 saturated carbocycles. The minimum Gasteiger partial charge on any atom is -0.384 e. The van der Waals surface area contributed by atoms with Crippen LogP contribution in [0.3, 0.4) is 0 Å². The Labute approximate surface area is 676 Å². The van der Waals surface area contributed by atoms with Crippen LogP contribution in [0.2, 0.25) is 0 Å². The highest BCUT2D eigenvalue weighted by Gasteiger charge is 2.35. The predicted octanol–water partition coefficient (Wildman–Crippen LogP) is 15.6. The lowest BCUT2D eigenvalue weighted by atomic mass is 10.2. The molecule has 1 unspecified atom stereocenters. The Bertz CT molecular complexity index is 5470. The minimum atomic E-state index is -3.61. The van der Waals surface area contributed by atoms with Gasteiger partial charge in [-0.3, -0.25) is 50.2 Å². The molecule has 15 rings (SSSR count). The zero-order valence-electron chi connectivity index (χ0n) is 57.6. The second-order valence-electron chi connectivity index (χ2n) is 22.8. The van der Waals surface area contributed by atoms with Gasteiger partial charge in [0, 0.05) is 39.7 Å². The average molecular weight is 1880 g/mol. The molecular weight excluding hydrogens is 1810 g/mol. The number of hydrogen-bond donors (Lipinski definition) is 1. The summed E-state index contributed by atoms with van der Waals surface area (Å²) < 4.78 is 62.0. The predicted molar refractivity (Wildman–Crippen MR) is 441 cm³/mol. The second kappa shape index (κ2) is 42.5. The van der Waals surface area contributed by atoms with E-state index in [1.807, 2.05) is 204 Å². The molecule has 0 fully saturated rings. The summed E-state index contributed by atoms with van der Waals surface area (Å²) in [6.07, 6.45) is 0. The highest BCUT2D eigenvalue weighted by atomic mass is 79.9. The quantitative estimate of drug-likeness (QED) is 0.106. The SMILES string of the molecule is Cc1cc(=O)[nH]o1.Cc1cc(=O)n(Cc2ccccc2)o1.Cc1on(Cc2ccccc2)c(=O)c1Br.O=C1C(Br)=CS(=O)(=O)N1Cc1ccccc1.O=C1C(Br)=CS(=O)N1Cc1ccccc1.O=c1c(Br)csn1Cc1ccccc1.O=c1c(Br)csn1Cc1ccccc1.O=c1ccsn1Cc1ccccc1. The van der Waals surface area contributed by atoms with Crippen molar-refractivity contribution in [2.24, 2.45) is 0 Å². The molecule has 22 nitrogen and oxygen atoms in total. The van der Waals surface area contributed by atoms with Gasteiger partial charge < -0.3 is 13.6 Å². The summed E-state index contributed by atoms with van der Waals surface area (Å²) in [6, 6.07) is 72.3. The maximum absolute atomic E-state index is 11.6. The van der Waals surface area contributed by atoms with Crippen LogP contribution in [-0.4, -0.2) is 59.6 Å². The van der Waals surface area contributed by atoms with Crippen molar-refractivity contribution in [2.75, 3.05) is 0 Å². The first-order chi connectivity index (χ1) is 51.8. The van der Waals surface area contributed by atoms with Gasteiger partial charge in [0.2, 0.25) is 0 Å². The fraction of sp³-hybridized carbons (Fsp3) is 0.132. The maximum atomic E-state index is 11.6. The van der Waals surface area contributed by atoms with Gasteiger partial charge in [-0.2, -0.15) is 14.6 Å². The molecule has 0 aliphatic carbocycles. The number of aromatic amines is 1. The fourth-order valence-corrected chi connectivity index (χ4v) is 16.9. The van der Waals surface area contributed by atoms with E-state index in [2.05, 4.69) is 89.3 Å². The van der Waals surface area contributed by atoms with E-state index in [1.54, 1.807) is 63.0 Å². The Kier molecular flexibility index (Phi) is 33.2. The summed E-state index contributed by atoms with van der Waals surface area (Å²) in [7, 11) is -4.96. The van der Waals surface area contributed by atoms with Gasteiger partial charge >= 0.3 is 0 Å². The van der Waals surface area contributed by atoms with Crippen LogP contribution in [0.4, 0.5) is 0 Å². The molecule has 108 heavy (non-hydrogen) atoms. The Balaban J connectivity index is 0.000000156. The van der Waals surface area contributed by atoms with Gasteiger partial charge in [-0.25, -0.2) is 21.2 Å². The fourth-order valence-electron chi connectivity index (χ4n) is 9.30. The number of rotatable bonds is 14. The molecule has 8 heterocycles. The summed E-state index contributed by atoms with van der Waals surface area (Å²) in [5, 5.41) is 9.91. The molecule has 560 valence electrons. The molecular formula is C76H67Br5N8O14S5. The van der Waals surface area contributed by atoms with Crippen LogP contribution in [-0.2, 0) is 76.4 Å². The number of aromatic nitrogens is 6. The zero-order valence-corrected chi connectivity index (χ0v) is 69.6. The standard InChI is InChI=1S/C11H10BrNO2.C11H11NO2.C10H8BrNO3S.C10H8BrNO2S.2C10H8BrNOS.C10H9NOS.C4H5NO2/c1-8-10(12)11(14)13(15-8)7-9-5-3-2-4-6-9;1-9-7-11(13)12(14-9)8-10-5-3-2-4-6-10;11-9-7-16(14,15)12(10(9)13)6-8-4-2-1-3-5-8;11-9-7-15(14)12(10(9)13)6-8-4-2-1-3-5-8;2*11-9-7-14-12(10(9)13)6-8-4-2-1-3-5-8;12-10-6-7-13-11(10)8-9-4-2-1-3-5-9;1-3-2-4(6)5-7-3/h2-6H,7H2,1H3;2-7H,8H2,1H3;1-5,7H,6H2;1-5,7H,6H2;2*1-5,7H,6H2;1-7H,8H2;2H,1H3,(H,5,6). The third-order valence-corrected chi connectivity index (χ3v) is 24.1. The molecule has 13 aromatic rings. The monoisotopic (exact) mass is 1870 g/mol. The van der Waals surface area contributed by atoms with Crippen molar-refractivity contribution >= 4 is 147 Å². The van der Waals surface area contributed by atoms with E-state index >= 15 is 0 Å². The number of halogens is 5. The van der Waals surface area contributed by atoms with E-state index in [1.165, 1.54) is 65.9 Å². The van der Waals surface area contributed by atoms with Crippen molar-refractivity contribution in [3.8, 4) is 0 Å². The Morgan fingerprint density at radius 2 is 0.815 bits per heavy atom. The molecule has 2 amide bonds. The summed E-state index contributed by atoms with van der Waals surface area (Å²) in [5.41, 5.74) is 7.04. The number of H-pyrrole nitrogens is 1. The van der Waals surface area contributed by atoms with Crippen LogP contribution in [0.25, 0.3) is 0 Å². The van der Waals surface area contributed by atoms with Crippen molar-refractivity contribution in [3.63, 3.8) is 0 Å². The maximum Gasteiger partial charge on any atom is 0.297 e. The Morgan fingerprint density at radius 1 is 0.417 bits per heavy atom. The first-order valence-corrected chi connectivity index (χ1v) is 41.3. The first-order valence-electron chi connectivity index (χ1n) is 32.2. The van der Waals surface area contributed by atoms with Crippen molar-refractivity contribution in [1.82, 2.24) is 35.1 Å². The van der Waals surface area contributed by atoms with Crippen LogP contribution < -0.4 is 33.4 Å². The van der Waals surface area contributed by atoms with Crippen molar-refractivity contribution in [1.29, 1.82) is 0 Å². The van der Waals surface area contributed by atoms with Crippen molar-refractivity contribution in [3.05, 3.63) is 398 Å². The molecule has 1 N–H and O–H groups in total. The second-order valence-corrected chi connectivity index (χ2v) is 32.6. The van der Waals surface area contributed by atoms with E-state index in [0.717, 1.165) is 48.7 Å². The number of nitrogens with one attached hydrogen (secondary N) is 1. The van der Waals surface area contributed by atoms with Crippen molar-refractivity contribution in [2.45, 2.75) is 66.6 Å². The number of nitrogens with zero attached hydrogens (tertiary/aromatic N) is 7. The van der Waals surface area contributed by atoms with Gasteiger partial charge in [-0.05, 0) is 139 Å². The Morgan fingerprint density at radius 3 is 1.11 bits per heavy atom. The van der Waals surface area contributed by atoms with E-state index in [4.69, 9.17) is 9.05 Å². The van der Waals surface area contributed by atoms with Crippen LogP contribution in [0, 0.1) is 20.8 Å². The molecule has 2 aliphatic rings. The summed E-state index contributed by atoms with van der Waals surface area (Å²) in [5.74, 6) is 1.12. The van der Waals surface area contributed by atoms with E-state index in [-0.39, 0.29) is 50.3 Å². The number of carbonyl (C=O) groups is 2. The normalized spacial score (nSPS) is 12.9. The van der Waals surface area contributed by atoms with Crippen LogP contribution in [0.15, 0.2) is 322 Å². The summed E-state index contributed by atoms with van der Waals surface area (Å²) in [6.45, 7) is 8.60. The van der Waals surface area contributed by atoms with Crippen LogP contribution >= 0.6 is 114 Å². The van der Waals surface area contributed by atoms with Crippen LogP contribution in [0.5, 0.6) is 0 Å². The van der Waals surface area contributed by atoms with Gasteiger partial charge in [0.15, 0.2) is 0 Å². The third kappa shape index (κ3) is 26.6. The van der Waals surface area contributed by atoms with Gasteiger partial charge in [0.05, 0.1) is 69.1 Å². The number of carbonyl (C=O) groups excluding carboxylic acids is 2. The lowest BCUT2D eigenvalue weighted by Crippen LogP contribution is -2.29. The molecule has 0 spiro atoms. The lowest BCUT2D eigenvalue weighted by molar-refractivity contribution is -0.122. The Hall–Kier alpha value is -9.22. The smallest absolute Gasteiger partial charge is 0.297 e. The van der Waals surface area contributed by atoms with Gasteiger partial charge in [-0.15, -0.1) is 0 Å². The summed E-state index contributed by atoms with van der Waals surface area (Å²) >= 11 is 19.9. The molecule has 32 heteroatoms. The lowest BCUT2D eigenvalue weighted by Gasteiger charge is -2.14. The molecule has 2 aliphatic heterocycles. The van der Waals surface area contributed by atoms with Crippen molar-refractivity contribution < 1.29 is 35.8 Å². The molecule has 1 atom stereocenters. The number of aryl methyl sites for hydroxylation is 3. The van der Waals surface area contributed by atoms with Gasteiger partial charge in [-0.1, -0.05) is 247 Å². The molecule has 0 bridgehead atoms. The number of sulfonamides is 1. The zero-order chi connectivity index (χ0) is 77.7. The van der Waals surface area contributed by atoms with Crippen LogP contribution in [0.1, 0.15) is 56.2 Å². The highest BCUT2D eigenvalue weighted by molar-refractivity contribution is 9.12. The molecule has 0 saturated heterocycles. The number of hydrogen-bond acceptors (Lipinski definition) is 17. The van der Waals surface area contributed by atoms with Gasteiger partial charge in [0.1, 0.15) is 32.7 Å². The minimum absolute atomic E-state index is 0.0406. The largest absolute Gasteiger partial charge is 0.384 e. The van der Waals surface area contributed by atoms with E-state index < -0.39 is 26.9 Å². The molecule has 7 aromatic carbocycles. The number of benzene rings is 7. The van der Waals surface area contributed by atoms with E-state index in [0.29, 0.717) is 74.4 Å². The third-order valence-electron chi connectivity index (χ3n) is 14.5. The topological polar surface area (TPSA) is 274 Å².